The summed E-state index contributed by atoms with van der Waals surface area (Å²) in [5.74, 6) is 1.33. The second kappa shape index (κ2) is 7.24. The molecule has 1 aromatic carbocycles. The highest BCUT2D eigenvalue weighted by Gasteiger charge is 2.21. The highest BCUT2D eigenvalue weighted by molar-refractivity contribution is 5.41. The van der Waals surface area contributed by atoms with E-state index in [1.54, 1.807) is 0 Å². The van der Waals surface area contributed by atoms with Crippen LogP contribution in [0.4, 0.5) is 0 Å². The van der Waals surface area contributed by atoms with Crippen molar-refractivity contribution in [3.05, 3.63) is 70.6 Å². The molecular formula is C22H27N5. The molecule has 27 heavy (non-hydrogen) atoms. The van der Waals surface area contributed by atoms with Gasteiger partial charge in [0.15, 0.2) is 0 Å². The number of hydrogen-bond acceptors (Lipinski definition) is 4. The van der Waals surface area contributed by atoms with Crippen molar-refractivity contribution >= 4 is 0 Å². The summed E-state index contributed by atoms with van der Waals surface area (Å²) in [5.41, 5.74) is 7.36. The van der Waals surface area contributed by atoms with Gasteiger partial charge in [0.1, 0.15) is 5.82 Å². The molecule has 4 rings (SSSR count). The fourth-order valence-electron chi connectivity index (χ4n) is 3.69. The van der Waals surface area contributed by atoms with Gasteiger partial charge in [-0.05, 0) is 25.5 Å². The molecule has 5 nitrogen and oxygen atoms in total. The van der Waals surface area contributed by atoms with Crippen molar-refractivity contribution in [2.45, 2.75) is 53.1 Å². The van der Waals surface area contributed by atoms with E-state index >= 15 is 0 Å². The maximum atomic E-state index is 4.77. The minimum Gasteiger partial charge on any atom is -0.294 e. The van der Waals surface area contributed by atoms with Gasteiger partial charge in [-0.2, -0.15) is 5.10 Å². The molecule has 0 aliphatic carbocycles. The van der Waals surface area contributed by atoms with E-state index in [1.165, 1.54) is 28.1 Å². The van der Waals surface area contributed by atoms with Crippen LogP contribution in [0.2, 0.25) is 0 Å². The first-order chi connectivity index (χ1) is 13.0. The highest BCUT2D eigenvalue weighted by Crippen LogP contribution is 2.23. The van der Waals surface area contributed by atoms with Crippen LogP contribution < -0.4 is 0 Å². The predicted molar refractivity (Wildman–Crippen MR) is 107 cm³/mol. The van der Waals surface area contributed by atoms with Crippen molar-refractivity contribution < 1.29 is 0 Å². The molecular weight excluding hydrogens is 334 g/mol. The number of aryl methyl sites for hydroxylation is 1. The minimum absolute atomic E-state index is 0.378. The molecule has 0 saturated heterocycles. The van der Waals surface area contributed by atoms with Crippen LogP contribution in [0.25, 0.3) is 5.69 Å². The van der Waals surface area contributed by atoms with Crippen molar-refractivity contribution in [1.29, 1.82) is 0 Å². The van der Waals surface area contributed by atoms with E-state index in [0.29, 0.717) is 5.92 Å². The maximum Gasteiger partial charge on any atom is 0.131 e. The first-order valence-electron chi connectivity index (χ1n) is 9.69. The van der Waals surface area contributed by atoms with Crippen LogP contribution in [0.5, 0.6) is 0 Å². The third kappa shape index (κ3) is 3.52. The van der Waals surface area contributed by atoms with E-state index in [0.717, 1.165) is 37.6 Å². The normalized spacial score (nSPS) is 14.6. The predicted octanol–water partition coefficient (Wildman–Crippen LogP) is 3.96. The van der Waals surface area contributed by atoms with Gasteiger partial charge in [0, 0.05) is 60.7 Å². The van der Waals surface area contributed by atoms with E-state index in [-0.39, 0.29) is 0 Å². The van der Waals surface area contributed by atoms with E-state index in [9.17, 15) is 0 Å². The number of fused-ring (bicyclic) bond motifs is 1. The lowest BCUT2D eigenvalue weighted by Gasteiger charge is -2.28. The molecule has 0 unspecified atom stereocenters. The SMILES string of the molecule is Cc1ccccc1-n1ncc(CN2CCc3nc(C(C)C)ncc3C2)c1C. The number of benzene rings is 1. The maximum absolute atomic E-state index is 4.77. The first kappa shape index (κ1) is 17.9. The molecule has 0 N–H and O–H groups in total. The van der Waals surface area contributed by atoms with Crippen LogP contribution >= 0.6 is 0 Å². The number of nitrogens with zero attached hydrogens (tertiary/aromatic N) is 5. The summed E-state index contributed by atoms with van der Waals surface area (Å²) in [7, 11) is 0. The molecule has 0 atom stereocenters. The van der Waals surface area contributed by atoms with Gasteiger partial charge < -0.3 is 0 Å². The second-order valence-corrected chi connectivity index (χ2v) is 7.77. The Morgan fingerprint density at radius 2 is 1.93 bits per heavy atom. The number of hydrogen-bond donors (Lipinski definition) is 0. The molecule has 5 heteroatoms. The standard InChI is InChI=1S/C22H27N5/c1-15(2)22-23-11-19-14-26(10-9-20(19)25-22)13-18-12-24-27(17(18)4)21-8-6-5-7-16(21)3/h5-8,11-12,15H,9-10,13-14H2,1-4H3. The zero-order chi connectivity index (χ0) is 19.0. The molecule has 140 valence electrons. The van der Waals surface area contributed by atoms with E-state index in [1.807, 2.05) is 12.4 Å². The van der Waals surface area contributed by atoms with Crippen LogP contribution in [0.1, 0.15) is 53.7 Å². The average molecular weight is 361 g/mol. The topological polar surface area (TPSA) is 46.8 Å². The van der Waals surface area contributed by atoms with Gasteiger partial charge in [-0.25, -0.2) is 14.6 Å². The van der Waals surface area contributed by atoms with E-state index < -0.39 is 0 Å². The summed E-state index contributed by atoms with van der Waals surface area (Å²) in [6, 6.07) is 8.38. The van der Waals surface area contributed by atoms with Crippen molar-refractivity contribution in [1.82, 2.24) is 24.6 Å². The highest BCUT2D eigenvalue weighted by atomic mass is 15.3. The quantitative estimate of drug-likeness (QED) is 0.706. The summed E-state index contributed by atoms with van der Waals surface area (Å²) < 4.78 is 2.06. The molecule has 0 amide bonds. The smallest absolute Gasteiger partial charge is 0.131 e. The number of para-hydroxylation sites is 1. The molecule has 3 aromatic rings. The summed E-state index contributed by atoms with van der Waals surface area (Å²) >= 11 is 0. The molecule has 0 fully saturated rings. The van der Waals surface area contributed by atoms with Crippen molar-refractivity contribution in [3.63, 3.8) is 0 Å². The minimum atomic E-state index is 0.378. The molecule has 0 bridgehead atoms. The van der Waals surface area contributed by atoms with Gasteiger partial charge in [-0.3, -0.25) is 4.90 Å². The third-order valence-corrected chi connectivity index (χ3v) is 5.40. The summed E-state index contributed by atoms with van der Waals surface area (Å²) in [4.78, 5) is 11.8. The van der Waals surface area contributed by atoms with Gasteiger partial charge in [0.05, 0.1) is 11.9 Å². The molecule has 2 aromatic heterocycles. The molecule has 1 aliphatic heterocycles. The summed E-state index contributed by atoms with van der Waals surface area (Å²) in [6.07, 6.45) is 5.02. The molecule has 3 heterocycles. The zero-order valence-corrected chi connectivity index (χ0v) is 16.6. The fraction of sp³-hybridized carbons (Fsp3) is 0.409. The lowest BCUT2D eigenvalue weighted by atomic mass is 10.1. The third-order valence-electron chi connectivity index (χ3n) is 5.40. The van der Waals surface area contributed by atoms with Gasteiger partial charge in [-0.15, -0.1) is 0 Å². The monoisotopic (exact) mass is 361 g/mol. The Kier molecular flexibility index (Phi) is 4.79. The molecule has 0 radical (unpaired) electrons. The Morgan fingerprint density at radius 3 is 2.70 bits per heavy atom. The van der Waals surface area contributed by atoms with Crippen molar-refractivity contribution in [2.75, 3.05) is 6.54 Å². The first-order valence-corrected chi connectivity index (χ1v) is 9.69. The van der Waals surface area contributed by atoms with Crippen LogP contribution in [-0.2, 0) is 19.5 Å². The number of aromatic nitrogens is 4. The Labute approximate surface area is 161 Å². The Hall–Kier alpha value is -2.53. The van der Waals surface area contributed by atoms with Gasteiger partial charge in [0.25, 0.3) is 0 Å². The van der Waals surface area contributed by atoms with Crippen LogP contribution in [0, 0.1) is 13.8 Å². The lowest BCUT2D eigenvalue weighted by Crippen LogP contribution is -2.31. The largest absolute Gasteiger partial charge is 0.294 e. The molecule has 0 spiro atoms. The average Bonchev–Trinajstić information content (AvgIpc) is 3.02. The van der Waals surface area contributed by atoms with Gasteiger partial charge >= 0.3 is 0 Å². The second-order valence-electron chi connectivity index (χ2n) is 7.77. The van der Waals surface area contributed by atoms with E-state index in [2.05, 4.69) is 71.6 Å². The van der Waals surface area contributed by atoms with Crippen molar-refractivity contribution in [2.24, 2.45) is 0 Å². The zero-order valence-electron chi connectivity index (χ0n) is 16.6. The van der Waals surface area contributed by atoms with Crippen LogP contribution in [0.3, 0.4) is 0 Å². The van der Waals surface area contributed by atoms with Crippen molar-refractivity contribution in [3.8, 4) is 5.69 Å². The van der Waals surface area contributed by atoms with Gasteiger partial charge in [-0.1, -0.05) is 32.0 Å². The fourth-order valence-corrected chi connectivity index (χ4v) is 3.69. The Morgan fingerprint density at radius 1 is 1.11 bits per heavy atom. The molecule has 0 saturated carbocycles. The Bertz CT molecular complexity index is 957. The van der Waals surface area contributed by atoms with Crippen LogP contribution in [0.15, 0.2) is 36.7 Å². The number of rotatable bonds is 4. The van der Waals surface area contributed by atoms with Gasteiger partial charge in [0.2, 0.25) is 0 Å². The Balaban J connectivity index is 1.52. The summed E-state index contributed by atoms with van der Waals surface area (Å²) in [5, 5.41) is 4.65. The van der Waals surface area contributed by atoms with Crippen LogP contribution in [-0.4, -0.2) is 31.2 Å². The lowest BCUT2D eigenvalue weighted by molar-refractivity contribution is 0.242. The molecule has 1 aliphatic rings. The summed E-state index contributed by atoms with van der Waals surface area (Å²) in [6.45, 7) is 11.4. The van der Waals surface area contributed by atoms with E-state index in [4.69, 9.17) is 4.98 Å².